The largest absolute Gasteiger partial charge is 0.481 e. The summed E-state index contributed by atoms with van der Waals surface area (Å²) in [7, 11) is 0. The minimum Gasteiger partial charge on any atom is -0.481 e. The summed E-state index contributed by atoms with van der Waals surface area (Å²) in [5, 5.41) is 9.57. The van der Waals surface area contributed by atoms with Crippen molar-refractivity contribution in [1.82, 2.24) is 9.97 Å². The fraction of sp³-hybridized carbons (Fsp3) is 0.577. The first kappa shape index (κ1) is 25.0. The number of hydrogen-bond acceptors (Lipinski definition) is 6. The second kappa shape index (κ2) is 10.5. The van der Waals surface area contributed by atoms with Crippen molar-refractivity contribution in [2.45, 2.75) is 73.0 Å². The van der Waals surface area contributed by atoms with Gasteiger partial charge in [-0.15, -0.1) is 0 Å². The minimum absolute atomic E-state index is 0.0517. The maximum absolute atomic E-state index is 11.7. The summed E-state index contributed by atoms with van der Waals surface area (Å²) >= 11 is 0. The van der Waals surface area contributed by atoms with Gasteiger partial charge in [-0.05, 0) is 52.0 Å². The summed E-state index contributed by atoms with van der Waals surface area (Å²) in [6.45, 7) is 14.7. The molecule has 1 saturated heterocycles. The van der Waals surface area contributed by atoms with E-state index in [2.05, 4.69) is 28.7 Å². The second-order valence-corrected chi connectivity index (χ2v) is 10.0. The lowest BCUT2D eigenvalue weighted by molar-refractivity contribution is -0.136. The number of pyridine rings is 2. The zero-order valence-electron chi connectivity index (χ0n) is 20.7. The molecule has 0 aromatic carbocycles. The second-order valence-electron chi connectivity index (χ2n) is 10.0. The zero-order valence-corrected chi connectivity index (χ0v) is 20.7. The van der Waals surface area contributed by atoms with Crippen molar-refractivity contribution < 1.29 is 19.4 Å². The van der Waals surface area contributed by atoms with Gasteiger partial charge in [0.1, 0.15) is 6.10 Å². The first-order valence-corrected chi connectivity index (χ1v) is 11.8. The molecule has 2 aromatic rings. The summed E-state index contributed by atoms with van der Waals surface area (Å²) in [5.74, 6) is -0.319. The van der Waals surface area contributed by atoms with Crippen LogP contribution in [0.3, 0.4) is 0 Å². The molecule has 180 valence electrons. The molecule has 0 bridgehead atoms. The number of carboxylic acids is 1. The molecule has 1 atom stereocenters. The Morgan fingerprint density at radius 1 is 1.15 bits per heavy atom. The molecule has 7 heteroatoms. The van der Waals surface area contributed by atoms with Gasteiger partial charge < -0.3 is 19.5 Å². The lowest BCUT2D eigenvalue weighted by Gasteiger charge is -2.40. The van der Waals surface area contributed by atoms with Crippen LogP contribution in [-0.4, -0.2) is 52.9 Å². The predicted octanol–water partition coefficient (Wildman–Crippen LogP) is 4.90. The van der Waals surface area contributed by atoms with Gasteiger partial charge in [-0.1, -0.05) is 13.8 Å². The zero-order chi connectivity index (χ0) is 24.2. The van der Waals surface area contributed by atoms with Crippen molar-refractivity contribution in [3.63, 3.8) is 0 Å². The summed E-state index contributed by atoms with van der Waals surface area (Å²) in [5.41, 5.74) is 4.60. The number of ether oxygens (including phenoxy) is 2. The van der Waals surface area contributed by atoms with E-state index < -0.39 is 5.97 Å². The van der Waals surface area contributed by atoms with E-state index in [0.717, 1.165) is 54.0 Å². The summed E-state index contributed by atoms with van der Waals surface area (Å²) < 4.78 is 11.5. The first-order chi connectivity index (χ1) is 15.6. The highest BCUT2D eigenvalue weighted by atomic mass is 16.5. The maximum Gasteiger partial charge on any atom is 0.307 e. The van der Waals surface area contributed by atoms with Crippen molar-refractivity contribution in [3.05, 3.63) is 35.8 Å². The Hall–Kier alpha value is -2.67. The van der Waals surface area contributed by atoms with E-state index in [0.29, 0.717) is 17.9 Å². The van der Waals surface area contributed by atoms with Gasteiger partial charge in [-0.2, -0.15) is 0 Å². The number of nitrogens with zero attached hydrogens (tertiary/aromatic N) is 3. The Kier molecular flexibility index (Phi) is 7.95. The molecular formula is C26H37N3O4. The van der Waals surface area contributed by atoms with Crippen LogP contribution in [0, 0.1) is 12.3 Å². The van der Waals surface area contributed by atoms with Crippen LogP contribution >= 0.6 is 0 Å². The molecule has 1 unspecified atom stereocenters. The van der Waals surface area contributed by atoms with Crippen LogP contribution in [0.5, 0.6) is 5.88 Å². The molecule has 1 aliphatic heterocycles. The molecule has 0 spiro atoms. The van der Waals surface area contributed by atoms with E-state index in [4.69, 9.17) is 9.47 Å². The van der Waals surface area contributed by atoms with Gasteiger partial charge in [0.15, 0.2) is 0 Å². The van der Waals surface area contributed by atoms with Gasteiger partial charge in [0.25, 0.3) is 0 Å². The summed E-state index contributed by atoms with van der Waals surface area (Å²) in [6.07, 6.45) is 5.72. The molecule has 33 heavy (non-hydrogen) atoms. The molecule has 0 radical (unpaired) electrons. The first-order valence-electron chi connectivity index (χ1n) is 11.8. The highest BCUT2D eigenvalue weighted by molar-refractivity contribution is 5.84. The highest BCUT2D eigenvalue weighted by Crippen LogP contribution is 2.39. The number of anilines is 1. The Morgan fingerprint density at radius 3 is 2.42 bits per heavy atom. The standard InChI is InChI=1S/C26H37N3O4/c1-17(2)32-16-18(3)33-23-8-7-20(14-28-23)22-15-27-19(4)21(13-24(30)31)25(22)29-11-9-26(5,6)10-12-29/h7-8,14-15,17-18H,9-13,16H2,1-6H3,(H,30,31). The SMILES string of the molecule is Cc1ncc(-c2ccc(OC(C)COC(C)C)nc2)c(N2CCC(C)(C)CC2)c1CC(=O)O. The minimum atomic E-state index is -0.852. The van der Waals surface area contributed by atoms with Crippen LogP contribution < -0.4 is 9.64 Å². The Balaban J connectivity index is 1.91. The molecule has 0 saturated carbocycles. The van der Waals surface area contributed by atoms with Gasteiger partial charge in [-0.3, -0.25) is 9.78 Å². The fourth-order valence-electron chi connectivity index (χ4n) is 4.08. The quantitative estimate of drug-likeness (QED) is 0.576. The average molecular weight is 456 g/mol. The molecule has 0 aliphatic carbocycles. The average Bonchev–Trinajstić information content (AvgIpc) is 2.74. The Labute approximate surface area is 197 Å². The number of aryl methyl sites for hydroxylation is 1. The highest BCUT2D eigenvalue weighted by Gasteiger charge is 2.29. The lowest BCUT2D eigenvalue weighted by atomic mass is 9.82. The van der Waals surface area contributed by atoms with E-state index in [9.17, 15) is 9.90 Å². The van der Waals surface area contributed by atoms with Gasteiger partial charge in [0, 0.05) is 53.9 Å². The van der Waals surface area contributed by atoms with Crippen molar-refractivity contribution >= 4 is 11.7 Å². The van der Waals surface area contributed by atoms with E-state index in [1.807, 2.05) is 46.0 Å². The van der Waals surface area contributed by atoms with Crippen LogP contribution in [-0.2, 0) is 16.0 Å². The third-order valence-electron chi connectivity index (χ3n) is 6.16. The van der Waals surface area contributed by atoms with Crippen molar-refractivity contribution in [1.29, 1.82) is 0 Å². The molecule has 1 fully saturated rings. The summed E-state index contributed by atoms with van der Waals surface area (Å²) in [6, 6.07) is 3.81. The van der Waals surface area contributed by atoms with E-state index in [-0.39, 0.29) is 18.6 Å². The number of piperidine rings is 1. The topological polar surface area (TPSA) is 84.8 Å². The third-order valence-corrected chi connectivity index (χ3v) is 6.16. The predicted molar refractivity (Wildman–Crippen MR) is 130 cm³/mol. The number of rotatable bonds is 9. The smallest absolute Gasteiger partial charge is 0.307 e. The van der Waals surface area contributed by atoms with Gasteiger partial charge in [0.05, 0.1) is 24.8 Å². The number of aromatic nitrogens is 2. The van der Waals surface area contributed by atoms with E-state index >= 15 is 0 Å². The van der Waals surface area contributed by atoms with E-state index in [1.54, 1.807) is 6.20 Å². The van der Waals surface area contributed by atoms with Crippen LogP contribution in [0.1, 0.15) is 58.7 Å². The van der Waals surface area contributed by atoms with Gasteiger partial charge >= 0.3 is 5.97 Å². The van der Waals surface area contributed by atoms with Gasteiger partial charge in [0.2, 0.25) is 5.88 Å². The fourth-order valence-corrected chi connectivity index (χ4v) is 4.08. The number of hydrogen-bond donors (Lipinski definition) is 1. The molecule has 1 N–H and O–H groups in total. The molecule has 3 rings (SSSR count). The Morgan fingerprint density at radius 2 is 1.85 bits per heavy atom. The molecule has 2 aromatic heterocycles. The normalized spacial score (nSPS) is 16.6. The summed E-state index contributed by atoms with van der Waals surface area (Å²) in [4.78, 5) is 23.0. The van der Waals surface area contributed by atoms with Crippen molar-refractivity contribution in [3.8, 4) is 17.0 Å². The molecular weight excluding hydrogens is 418 g/mol. The van der Waals surface area contributed by atoms with Crippen LogP contribution in [0.4, 0.5) is 5.69 Å². The lowest BCUT2D eigenvalue weighted by Crippen LogP contribution is -2.38. The Bertz CT molecular complexity index is 947. The van der Waals surface area contributed by atoms with Crippen LogP contribution in [0.15, 0.2) is 24.5 Å². The maximum atomic E-state index is 11.7. The van der Waals surface area contributed by atoms with Gasteiger partial charge in [-0.25, -0.2) is 4.98 Å². The van der Waals surface area contributed by atoms with Crippen molar-refractivity contribution in [2.75, 3.05) is 24.6 Å². The number of carboxylic acid groups (broad SMARTS) is 1. The van der Waals surface area contributed by atoms with Crippen molar-refractivity contribution in [2.24, 2.45) is 5.41 Å². The molecule has 1 aliphatic rings. The van der Waals surface area contributed by atoms with Crippen LogP contribution in [0.25, 0.3) is 11.1 Å². The number of aliphatic carboxylic acids is 1. The molecule has 3 heterocycles. The monoisotopic (exact) mass is 455 g/mol. The molecule has 0 amide bonds. The number of carbonyl (C=O) groups is 1. The van der Waals surface area contributed by atoms with E-state index in [1.165, 1.54) is 0 Å². The third kappa shape index (κ3) is 6.67. The molecule has 7 nitrogen and oxygen atoms in total. The van der Waals surface area contributed by atoms with Crippen LogP contribution in [0.2, 0.25) is 0 Å².